The van der Waals surface area contributed by atoms with Gasteiger partial charge in [0.25, 0.3) is 5.91 Å². The minimum atomic E-state index is -1.70. The molecule has 1 unspecified atom stereocenters. The van der Waals surface area contributed by atoms with E-state index < -0.39 is 72.7 Å². The maximum Gasteiger partial charge on any atom is 0.410 e. The second-order valence-electron chi connectivity index (χ2n) is 16.1. The average molecular weight is 1000 g/mol. The second-order valence-corrected chi connectivity index (χ2v) is 18.5. The Morgan fingerprint density at radius 1 is 0.986 bits per heavy atom. The fourth-order valence-electron chi connectivity index (χ4n) is 7.88. The number of hydrogen-bond acceptors (Lipinski definition) is 17. The molecular formula is C48H50FN5O14S2. The summed E-state index contributed by atoms with van der Waals surface area (Å²) in [5, 5.41) is 17.4. The van der Waals surface area contributed by atoms with Crippen LogP contribution in [0.2, 0.25) is 0 Å². The summed E-state index contributed by atoms with van der Waals surface area (Å²) in [5.41, 5.74) is 4.58. The van der Waals surface area contributed by atoms with Gasteiger partial charge in [0.1, 0.15) is 29.3 Å². The first-order chi connectivity index (χ1) is 33.6. The lowest BCUT2D eigenvalue weighted by Crippen LogP contribution is -2.64. The first-order valence-electron chi connectivity index (χ1n) is 21.9. The Morgan fingerprint density at radius 2 is 1.73 bits per heavy atom. The highest BCUT2D eigenvalue weighted by Crippen LogP contribution is 2.37. The number of esters is 3. The SMILES string of the molecule is COC(=O)[C@H]1O[C@@H](Oc2ccc(COC(=O)N(C)Cc3ccc(-c4[nH]c5cc(F)cc6c5c4CCNC6=O)cc3)cc2NC(=O)CCSSc2ccccn2)[C@H](OC(C)=O)[C@@H](OC(C)O)[C@@H]1OC(C)=O. The number of aromatic amines is 1. The van der Waals surface area contributed by atoms with Crippen molar-refractivity contribution in [2.45, 2.75) is 88.8 Å². The molecule has 4 heterocycles. The fraction of sp³-hybridized carbons (Fsp3) is 0.354. The molecule has 2 aliphatic heterocycles. The number of nitrogens with one attached hydrogen (secondary N) is 3. The van der Waals surface area contributed by atoms with E-state index in [2.05, 4.69) is 20.6 Å². The van der Waals surface area contributed by atoms with E-state index in [0.717, 1.165) is 48.4 Å². The summed E-state index contributed by atoms with van der Waals surface area (Å²) in [4.78, 5) is 86.2. The number of rotatable bonds is 18. The van der Waals surface area contributed by atoms with Crippen molar-refractivity contribution in [3.8, 4) is 17.0 Å². The van der Waals surface area contributed by atoms with Gasteiger partial charge in [0.15, 0.2) is 24.6 Å². The highest BCUT2D eigenvalue weighted by atomic mass is 33.1. The predicted octanol–water partition coefficient (Wildman–Crippen LogP) is 6.06. The number of H-pyrrole nitrogens is 1. The maximum atomic E-state index is 14.4. The third-order valence-electron chi connectivity index (χ3n) is 10.9. The zero-order valence-electron chi connectivity index (χ0n) is 38.6. The van der Waals surface area contributed by atoms with Gasteiger partial charge in [-0.15, -0.1) is 0 Å². The van der Waals surface area contributed by atoms with Crippen LogP contribution in [0.15, 0.2) is 84.0 Å². The summed E-state index contributed by atoms with van der Waals surface area (Å²) < 4.78 is 53.9. The molecule has 0 saturated carbocycles. The van der Waals surface area contributed by atoms with Gasteiger partial charge in [-0.3, -0.25) is 19.2 Å². The van der Waals surface area contributed by atoms with Crippen molar-refractivity contribution in [1.82, 2.24) is 20.2 Å². The quantitative estimate of drug-likeness (QED) is 0.0256. The molecule has 4 N–H and O–H groups in total. The zero-order chi connectivity index (χ0) is 50.1. The molecular weight excluding hydrogens is 954 g/mol. The van der Waals surface area contributed by atoms with Gasteiger partial charge in [-0.25, -0.2) is 19.0 Å². The molecule has 370 valence electrons. The smallest absolute Gasteiger partial charge is 0.410 e. The van der Waals surface area contributed by atoms with Crippen molar-refractivity contribution in [2.24, 2.45) is 0 Å². The first kappa shape index (κ1) is 51.1. The van der Waals surface area contributed by atoms with E-state index in [1.54, 1.807) is 25.4 Å². The summed E-state index contributed by atoms with van der Waals surface area (Å²) in [7, 11) is 5.46. The Balaban J connectivity index is 1.07. The number of aromatic nitrogens is 2. The van der Waals surface area contributed by atoms with Gasteiger partial charge in [-0.1, -0.05) is 47.2 Å². The molecule has 3 amide bonds. The molecule has 5 aromatic rings. The number of methoxy groups -OCH3 is 1. The number of carbonyl (C=O) groups excluding carboxylic acids is 6. The molecule has 1 fully saturated rings. The Kier molecular flexibility index (Phi) is 17.0. The number of hydrogen-bond donors (Lipinski definition) is 4. The summed E-state index contributed by atoms with van der Waals surface area (Å²) in [6.07, 6.45) is -7.98. The molecule has 70 heavy (non-hydrogen) atoms. The second kappa shape index (κ2) is 23.3. The van der Waals surface area contributed by atoms with E-state index in [-0.39, 0.29) is 42.5 Å². The molecule has 0 bridgehead atoms. The fourth-order valence-corrected chi connectivity index (χ4v) is 9.75. The number of anilines is 1. The maximum absolute atomic E-state index is 14.4. The van der Waals surface area contributed by atoms with Crippen molar-refractivity contribution in [3.63, 3.8) is 0 Å². The first-order valence-corrected chi connectivity index (χ1v) is 24.2. The predicted molar refractivity (Wildman–Crippen MR) is 253 cm³/mol. The molecule has 22 heteroatoms. The van der Waals surface area contributed by atoms with Gasteiger partial charge in [0.2, 0.25) is 12.2 Å². The normalized spacial score (nSPS) is 19.0. The van der Waals surface area contributed by atoms with Gasteiger partial charge >= 0.3 is 24.0 Å². The lowest BCUT2D eigenvalue weighted by atomic mass is 9.97. The molecule has 2 aliphatic rings. The Morgan fingerprint density at radius 3 is 2.43 bits per heavy atom. The van der Waals surface area contributed by atoms with Crippen LogP contribution in [-0.2, 0) is 67.2 Å². The van der Waals surface area contributed by atoms with Gasteiger partial charge < -0.3 is 58.8 Å². The van der Waals surface area contributed by atoms with Crippen LogP contribution < -0.4 is 15.4 Å². The largest absolute Gasteiger partial charge is 0.467 e. The number of carbonyl (C=O) groups is 6. The number of benzene rings is 3. The molecule has 0 aliphatic carbocycles. The number of ether oxygens (including phenoxy) is 7. The molecule has 19 nitrogen and oxygen atoms in total. The highest BCUT2D eigenvalue weighted by molar-refractivity contribution is 8.76. The van der Waals surface area contributed by atoms with Crippen molar-refractivity contribution in [2.75, 3.05) is 31.8 Å². The number of aliphatic hydroxyl groups is 1. The standard InChI is InChI=1S/C48H50FN5O14S2/c1-25(55)64-41-42(65-26(2)56)44(66-27(3)57)47(68-43(41)46(60)62-5)67-36-14-11-29(20-34(36)52-37(58)16-19-69-70-38-8-6-7-17-50-38)24-63-48(61)54(4)23-28-9-12-30(13-10-28)40-32-15-18-51-45(59)33-21-31(49)22-35(53-40)39(32)33/h6-14,17,20-22,26,41-44,47,53,56H,15-16,18-19,23-24H2,1-5H3,(H,51,59)(H,52,58)/t26?,41-,42-,43-,44+,47+/m0/s1. The van der Waals surface area contributed by atoms with Crippen LogP contribution in [0.5, 0.6) is 5.75 Å². The number of aliphatic hydroxyl groups excluding tert-OH is 1. The lowest BCUT2D eigenvalue weighted by molar-refractivity contribution is -0.303. The highest BCUT2D eigenvalue weighted by Gasteiger charge is 2.55. The minimum absolute atomic E-state index is 0.0444. The Hall–Kier alpha value is -6.72. The number of pyridine rings is 1. The molecule has 0 radical (unpaired) electrons. The molecule has 6 atom stereocenters. The number of amides is 3. The molecule has 0 spiro atoms. The molecule has 2 aromatic heterocycles. The Labute approximate surface area is 408 Å². The van der Waals surface area contributed by atoms with Crippen LogP contribution >= 0.6 is 21.6 Å². The van der Waals surface area contributed by atoms with E-state index in [1.807, 2.05) is 36.4 Å². The number of halogens is 1. The van der Waals surface area contributed by atoms with Crippen molar-refractivity contribution in [3.05, 3.63) is 107 Å². The van der Waals surface area contributed by atoms with Gasteiger partial charge in [-0.05, 0) is 82.8 Å². The van der Waals surface area contributed by atoms with Crippen molar-refractivity contribution >= 4 is 74.0 Å². The van der Waals surface area contributed by atoms with E-state index in [9.17, 15) is 38.3 Å². The van der Waals surface area contributed by atoms with Crippen LogP contribution in [0, 0.1) is 5.82 Å². The zero-order valence-corrected chi connectivity index (χ0v) is 40.2. The van der Waals surface area contributed by atoms with E-state index >= 15 is 0 Å². The number of nitrogens with zero attached hydrogens (tertiary/aromatic N) is 2. The summed E-state index contributed by atoms with van der Waals surface area (Å²) in [6, 6.07) is 20.1. The lowest BCUT2D eigenvalue weighted by Gasteiger charge is -2.44. The molecule has 1 saturated heterocycles. The van der Waals surface area contributed by atoms with Gasteiger partial charge in [0, 0.05) is 69.0 Å². The molecule has 7 rings (SSSR count). The summed E-state index contributed by atoms with van der Waals surface area (Å²) in [5.74, 6) is -3.63. The van der Waals surface area contributed by atoms with Crippen molar-refractivity contribution < 1.29 is 71.4 Å². The van der Waals surface area contributed by atoms with Crippen LogP contribution in [0.4, 0.5) is 14.9 Å². The van der Waals surface area contributed by atoms with Crippen LogP contribution in [-0.4, -0.2) is 119 Å². The van der Waals surface area contributed by atoms with Crippen LogP contribution in [0.25, 0.3) is 22.2 Å². The van der Waals surface area contributed by atoms with Crippen LogP contribution in [0.3, 0.4) is 0 Å². The molecule has 3 aromatic carbocycles. The Bertz CT molecular complexity index is 2730. The van der Waals surface area contributed by atoms with Gasteiger partial charge in [-0.2, -0.15) is 0 Å². The van der Waals surface area contributed by atoms with E-state index in [1.165, 1.54) is 57.7 Å². The van der Waals surface area contributed by atoms with Gasteiger partial charge in [0.05, 0.1) is 18.4 Å². The monoisotopic (exact) mass is 1000 g/mol. The average Bonchev–Trinajstić information content (AvgIpc) is 3.60. The third kappa shape index (κ3) is 12.7. The van der Waals surface area contributed by atoms with E-state index in [0.29, 0.717) is 35.2 Å². The minimum Gasteiger partial charge on any atom is -0.467 e. The third-order valence-corrected chi connectivity index (χ3v) is 13.1. The van der Waals surface area contributed by atoms with E-state index in [4.69, 9.17) is 33.2 Å². The van der Waals surface area contributed by atoms with Crippen molar-refractivity contribution in [1.29, 1.82) is 0 Å². The topological polar surface area (TPSA) is 243 Å². The summed E-state index contributed by atoms with van der Waals surface area (Å²) in [6.45, 7) is 3.74. The summed E-state index contributed by atoms with van der Waals surface area (Å²) >= 11 is 0. The van der Waals surface area contributed by atoms with Crippen LogP contribution in [0.1, 0.15) is 54.2 Å².